The Bertz CT molecular complexity index is 1910. The molecule has 0 aliphatic heterocycles. The molecule has 20 heteroatoms. The maximum absolute atomic E-state index is 11.1. The molecular weight excluding hydrogens is 680 g/mol. The molecule has 10 N–H and O–H groups in total. The second-order valence-electron chi connectivity index (χ2n) is 9.68. The minimum absolute atomic E-state index is 0.0342. The van der Waals surface area contributed by atoms with Gasteiger partial charge in [-0.15, -0.1) is 0 Å². The van der Waals surface area contributed by atoms with Crippen LogP contribution in [0.15, 0.2) is 97.3 Å². The van der Waals surface area contributed by atoms with Crippen LogP contribution in [0.1, 0.15) is 24.2 Å². The topological polar surface area (TPSA) is 333 Å². The molecule has 0 saturated heterocycles. The summed E-state index contributed by atoms with van der Waals surface area (Å²) < 4.78 is 11.1. The summed E-state index contributed by atoms with van der Waals surface area (Å²) in [6, 6.07) is 20.3. The van der Waals surface area contributed by atoms with Crippen LogP contribution in [0.2, 0.25) is 0 Å². The Balaban J connectivity index is 0.000000299. The van der Waals surface area contributed by atoms with Crippen LogP contribution in [0.4, 0.5) is 11.4 Å². The summed E-state index contributed by atoms with van der Waals surface area (Å²) in [5.41, 5.74) is 17.7. The van der Waals surface area contributed by atoms with Crippen molar-refractivity contribution in [1.29, 1.82) is 0 Å². The smallest absolute Gasteiger partial charge is 0.453 e. The molecule has 0 fully saturated rings. The number of hydrazine groups is 2. The van der Waals surface area contributed by atoms with Crippen LogP contribution in [-0.2, 0) is 9.59 Å². The molecule has 20 nitrogen and oxygen atoms in total. The summed E-state index contributed by atoms with van der Waals surface area (Å²) in [7, 11) is 0. The lowest BCUT2D eigenvalue weighted by atomic mass is 10.2. The third-order valence-corrected chi connectivity index (χ3v) is 6.20. The van der Waals surface area contributed by atoms with Crippen LogP contribution < -0.4 is 53.6 Å². The van der Waals surface area contributed by atoms with Crippen LogP contribution in [0.5, 0.6) is 0 Å². The number of carboxylic acids is 2. The molecule has 52 heavy (non-hydrogen) atoms. The first-order valence-corrected chi connectivity index (χ1v) is 14.7. The molecule has 270 valence electrons. The molecule has 2 aromatic heterocycles. The molecule has 0 aliphatic rings. The Morgan fingerprint density at radius 3 is 1.35 bits per heavy atom. The number of carbonyl (C=O) groups is 2. The van der Waals surface area contributed by atoms with Gasteiger partial charge in [-0.25, -0.2) is 9.34 Å². The molecular formula is C32H34N12O8. The zero-order valence-corrected chi connectivity index (χ0v) is 27.2. The highest BCUT2D eigenvalue weighted by Gasteiger charge is 2.16. The van der Waals surface area contributed by atoms with Crippen molar-refractivity contribution in [3.63, 3.8) is 0 Å². The Labute approximate surface area is 295 Å². The summed E-state index contributed by atoms with van der Waals surface area (Å²) in [4.78, 5) is 40.4. The molecule has 2 heterocycles. The zero-order valence-electron chi connectivity index (χ0n) is 27.2. The Morgan fingerprint density at radius 1 is 0.654 bits per heavy atom. The normalized spacial score (nSPS) is 9.96. The predicted molar refractivity (Wildman–Crippen MR) is 192 cm³/mol. The zero-order chi connectivity index (χ0) is 38.5. The average molecular weight is 715 g/mol. The van der Waals surface area contributed by atoms with Crippen LogP contribution in [-0.4, -0.2) is 55.3 Å². The van der Waals surface area contributed by atoms with Gasteiger partial charge in [0.05, 0.1) is 9.85 Å². The lowest BCUT2D eigenvalue weighted by Gasteiger charge is -2.06. The van der Waals surface area contributed by atoms with E-state index < -0.39 is 34.6 Å². The molecule has 2 aromatic carbocycles. The molecule has 0 aliphatic carbocycles. The Morgan fingerprint density at radius 2 is 1.02 bits per heavy atom. The van der Waals surface area contributed by atoms with Gasteiger partial charge in [0.1, 0.15) is 11.4 Å². The van der Waals surface area contributed by atoms with E-state index in [0.717, 1.165) is 11.4 Å². The molecule has 0 spiro atoms. The summed E-state index contributed by atoms with van der Waals surface area (Å²) in [6.45, 7) is 0. The molecule has 4 rings (SSSR count). The SMILES string of the molecule is NNC(N)=[N+]=C/C=C/c1cccn1-c1ccccc1[N+](=O)[O-].NNC(N)=[N+]=C/C=C/c1cccn1-c1ccccc1[N+](=O)[O-].O=C([O-])CCC(=O)[O-]. The Kier molecular flexibility index (Phi) is 16.5. The van der Waals surface area contributed by atoms with E-state index in [1.54, 1.807) is 94.4 Å². The number of hydrogen-bond donors (Lipinski definition) is 6. The van der Waals surface area contributed by atoms with Crippen molar-refractivity contribution < 1.29 is 29.6 Å². The van der Waals surface area contributed by atoms with Gasteiger partial charge in [-0.05, 0) is 73.5 Å². The number of nitrogens with zero attached hydrogens (tertiary/aromatic N) is 6. The molecule has 0 unspecified atom stereocenters. The van der Waals surface area contributed by atoms with Gasteiger partial charge in [0.2, 0.25) is 0 Å². The number of allylic oxidation sites excluding steroid dienone is 2. The molecule has 0 bridgehead atoms. The molecule has 4 aromatic rings. The number of benzene rings is 2. The number of aromatic nitrogens is 2. The molecule has 0 radical (unpaired) electrons. The maximum atomic E-state index is 11.1. The number of aliphatic carboxylic acids is 2. The number of carbonyl (C=O) groups excluding carboxylic acids is 2. The van der Waals surface area contributed by atoms with Gasteiger partial charge >= 0.3 is 11.9 Å². The van der Waals surface area contributed by atoms with Gasteiger partial charge in [0.15, 0.2) is 12.4 Å². The third kappa shape index (κ3) is 13.4. The van der Waals surface area contributed by atoms with E-state index in [1.807, 2.05) is 12.1 Å². The average Bonchev–Trinajstić information content (AvgIpc) is 3.81. The number of hydrogen-bond acceptors (Lipinski definition) is 10. The maximum Gasteiger partial charge on any atom is 0.453 e. The number of rotatable bonds is 11. The van der Waals surface area contributed by atoms with Crippen molar-refractivity contribution in [2.45, 2.75) is 12.8 Å². The third-order valence-electron chi connectivity index (χ3n) is 6.20. The van der Waals surface area contributed by atoms with Gasteiger partial charge < -0.3 is 28.9 Å². The van der Waals surface area contributed by atoms with Crippen molar-refractivity contribution >= 4 is 59.8 Å². The fourth-order valence-corrected chi connectivity index (χ4v) is 3.95. The highest BCUT2D eigenvalue weighted by Crippen LogP contribution is 2.25. The summed E-state index contributed by atoms with van der Waals surface area (Å²) in [6.07, 6.45) is 12.3. The van der Waals surface area contributed by atoms with Crippen LogP contribution >= 0.6 is 0 Å². The highest BCUT2D eigenvalue weighted by atomic mass is 16.6. The minimum atomic E-state index is -1.37. The second-order valence-corrected chi connectivity index (χ2v) is 9.68. The largest absolute Gasteiger partial charge is 0.550 e. The number of nitrogens with two attached hydrogens (primary N) is 4. The number of nitrogens with one attached hydrogen (secondary N) is 2. The summed E-state index contributed by atoms with van der Waals surface area (Å²) in [5.74, 6) is 7.58. The van der Waals surface area contributed by atoms with E-state index in [1.165, 1.54) is 24.6 Å². The predicted octanol–water partition coefficient (Wildman–Crippen LogP) is -2.10. The first-order chi connectivity index (χ1) is 24.9. The van der Waals surface area contributed by atoms with Gasteiger partial charge in [0, 0.05) is 47.9 Å². The van der Waals surface area contributed by atoms with Crippen molar-refractivity contribution in [3.8, 4) is 11.4 Å². The van der Waals surface area contributed by atoms with E-state index in [9.17, 15) is 40.0 Å². The fourth-order valence-electron chi connectivity index (χ4n) is 3.95. The van der Waals surface area contributed by atoms with E-state index in [2.05, 4.69) is 20.2 Å². The van der Waals surface area contributed by atoms with Crippen molar-refractivity contribution in [2.24, 2.45) is 23.2 Å². The minimum Gasteiger partial charge on any atom is -0.550 e. The molecule has 0 saturated carbocycles. The Hall–Kier alpha value is -7.76. The van der Waals surface area contributed by atoms with E-state index >= 15 is 0 Å². The fraction of sp³-hybridized carbons (Fsp3) is 0.0625. The number of nitro benzene ring substituents is 2. The highest BCUT2D eigenvalue weighted by molar-refractivity contribution is 5.86. The van der Waals surface area contributed by atoms with Crippen molar-refractivity contribution in [3.05, 3.63) is 129 Å². The number of carboxylic acid groups (broad SMARTS) is 2. The second kappa shape index (κ2) is 21.3. The van der Waals surface area contributed by atoms with Crippen molar-refractivity contribution in [1.82, 2.24) is 29.3 Å². The van der Waals surface area contributed by atoms with E-state index in [0.29, 0.717) is 11.4 Å². The first kappa shape index (κ1) is 40.4. The van der Waals surface area contributed by atoms with Gasteiger partial charge in [0.25, 0.3) is 11.4 Å². The number of guanidine groups is 2. The first-order valence-electron chi connectivity index (χ1n) is 14.7. The monoisotopic (exact) mass is 714 g/mol. The number of nitro groups is 2. The lowest BCUT2D eigenvalue weighted by molar-refractivity contribution is -0.384. The van der Waals surface area contributed by atoms with E-state index in [-0.39, 0.29) is 23.3 Å². The summed E-state index contributed by atoms with van der Waals surface area (Å²) in [5, 5.41) is 41.2. The van der Waals surface area contributed by atoms with E-state index in [4.69, 9.17) is 23.2 Å². The van der Waals surface area contributed by atoms with Crippen LogP contribution in [0.25, 0.3) is 23.5 Å². The quantitative estimate of drug-likeness (QED) is 0.0242. The van der Waals surface area contributed by atoms with Gasteiger partial charge in [-0.3, -0.25) is 31.7 Å². The number of para-hydroxylation sites is 4. The van der Waals surface area contributed by atoms with Crippen LogP contribution in [0, 0.1) is 20.2 Å². The van der Waals surface area contributed by atoms with Gasteiger partial charge in [-0.2, -0.15) is 22.5 Å². The molecule has 0 amide bonds. The van der Waals surface area contributed by atoms with Crippen molar-refractivity contribution in [2.75, 3.05) is 0 Å². The standard InChI is InChI=1S/2C14H14N6O2.C4H6O4/c2*15-14(18-16)17-9-3-5-11-6-4-10-19(11)12-7-1-2-8-13(12)20(21)22;5-3(6)1-2-4(7)8/h2*1-10H,16H2,(H2,15,18);1-2H2,(H,5,6)(H,7,8)/b2*5-3+;. The van der Waals surface area contributed by atoms with Gasteiger partial charge in [-0.1, -0.05) is 24.3 Å². The molecule has 0 atom stereocenters. The van der Waals surface area contributed by atoms with Crippen LogP contribution in [0.3, 0.4) is 0 Å². The summed E-state index contributed by atoms with van der Waals surface area (Å²) >= 11 is 0. The lowest BCUT2D eigenvalue weighted by Crippen LogP contribution is -2.38.